The van der Waals surface area contributed by atoms with Crippen LogP contribution < -0.4 is 103 Å². The number of carbonyl (C=O) groups is 7. The molecule has 712 valence electrons. The minimum atomic E-state index is -1.21. The van der Waals surface area contributed by atoms with Crippen molar-refractivity contribution < 1.29 is 86.3 Å². The molecule has 15 rings (SSSR count). The molecular formula is C96H100Br3Cl4LiN14O18. The van der Waals surface area contributed by atoms with E-state index in [-0.39, 0.29) is 121 Å². The maximum Gasteiger partial charge on any atom is 1.00 e. The quantitative estimate of drug-likeness (QED) is 0.0183. The molecule has 0 saturated carbocycles. The minimum Gasteiger partial charge on any atom is -0.870 e. The van der Waals surface area contributed by atoms with Crippen molar-refractivity contribution in [2.75, 3.05) is 63.3 Å². The van der Waals surface area contributed by atoms with Crippen molar-refractivity contribution >= 4 is 164 Å². The van der Waals surface area contributed by atoms with Crippen LogP contribution in [0.3, 0.4) is 0 Å². The summed E-state index contributed by atoms with van der Waals surface area (Å²) in [6, 6.07) is 48.9. The predicted octanol–water partition coefficient (Wildman–Crippen LogP) is 14.9. The first-order valence-electron chi connectivity index (χ1n) is 40.2. The van der Waals surface area contributed by atoms with Crippen LogP contribution in [0.1, 0.15) is 179 Å². The SMILES string of the molecule is C.C.CC(=O)c1cccc(Cl)c1.CCOC(=O)c1cnc(NCc2ccc(OC)cc2OC)cc1N.CCOC(=O)c1cnc(NCc2ccc(OC)cc2OC)cc1Nc1cc(C)c2n(c1=O)C(C)(c1cccc(Cl)c1)NC2=O.Cc1cc(Br)c(=O)[nH]c1C(N)=O.Cc1cc(Br)c(=O)n2c1C(=O)NC2(C)c1cccc(Cl)c1.Cc1cc(Br)c(=O)n2c1C(=O)NC2(C)c1cccc(Cl)c1.[Li+].[OH-]. The number of amides is 4. The summed E-state index contributed by atoms with van der Waals surface area (Å²) in [7, 11) is 6.36. The third-order valence-corrected chi connectivity index (χ3v) is 23.6. The number of aryl methyl sites for hydroxylation is 4. The van der Waals surface area contributed by atoms with Crippen LogP contribution in [0.2, 0.25) is 20.1 Å². The van der Waals surface area contributed by atoms with E-state index in [9.17, 15) is 52.7 Å². The molecule has 12 N–H and O–H groups in total. The second kappa shape index (κ2) is 48.8. The number of anilines is 5. The van der Waals surface area contributed by atoms with Gasteiger partial charge in [-0.2, -0.15) is 0 Å². The summed E-state index contributed by atoms with van der Waals surface area (Å²) in [6.07, 6.45) is 2.79. The average Bonchev–Trinajstić information content (AvgIpc) is 1.57. The third kappa shape index (κ3) is 25.6. The van der Waals surface area contributed by atoms with Gasteiger partial charge in [0.15, 0.2) is 5.78 Å². The zero-order chi connectivity index (χ0) is 96.7. The Labute approximate surface area is 841 Å². The number of nitrogen functional groups attached to an aromatic ring is 1. The Hall–Kier alpha value is -12.5. The molecule has 3 unspecified atom stereocenters. The van der Waals surface area contributed by atoms with Crippen molar-refractivity contribution in [3.63, 3.8) is 0 Å². The molecule has 3 aliphatic heterocycles. The Morgan fingerprint density at radius 2 is 0.846 bits per heavy atom. The van der Waals surface area contributed by atoms with Gasteiger partial charge in [-0.1, -0.05) is 110 Å². The van der Waals surface area contributed by atoms with Crippen molar-refractivity contribution in [1.82, 2.24) is 44.6 Å². The Morgan fingerprint density at radius 3 is 1.21 bits per heavy atom. The standard InChI is InChI=1S/C32H32ClN5O6.C17H21N3O4.2C15H12BrClN2O2.C8H7ClO.C7H7BrN2O2.2CH4.Li.H2O/c1-6-44-31(41)23-17-35-27(34-16-19-10-11-22(42-4)14-26(19)43-5)15-24(23)36-25-12-18(2)28-29(39)37-32(3,38(28)30(25)40)20-8-7-9-21(33)13-20;1-4-24-17(21)13-10-20-16(8-14(13)18)19-9-11-5-6-12(22-2)7-15(11)23-3;2*1-8-6-11(16)14(21)19-12(8)13(20)18-15(19,2)9-4-3-5-10(17)7-9;1-6(10)7-3-2-4-8(9)5-7;1-3-2-4(8)7(12)10-5(3)6(9)11;;;;/h7-15,17H,6,16H2,1-5H3,(H,37,39)(H2,34,35,36);5-8,10H,4,9H2,1-3H3,(H3,18,19,20);2*3-7H,1-2H3,(H,18,20);2-5H,1H3;2H,1H3,(H2,9,11)(H,10,12);2*1H4;;1H2/q;;;;;;;;+1;/p-1. The van der Waals surface area contributed by atoms with Crippen molar-refractivity contribution in [2.24, 2.45) is 5.73 Å². The number of Topliss-reactive ketones (excluding diaryl/α,β-unsaturated/α-hetero) is 1. The molecule has 0 bridgehead atoms. The normalized spacial score (nSPS) is 14.6. The van der Waals surface area contributed by atoms with E-state index in [1.54, 1.807) is 218 Å². The molecule has 6 aromatic heterocycles. The summed E-state index contributed by atoms with van der Waals surface area (Å²) in [4.78, 5) is 145. The zero-order valence-corrected chi connectivity index (χ0v) is 82.9. The van der Waals surface area contributed by atoms with Crippen LogP contribution in [0.4, 0.5) is 28.7 Å². The number of halogens is 7. The van der Waals surface area contributed by atoms with Crippen LogP contribution in [0.25, 0.3) is 0 Å². The monoisotopic (exact) mass is 2120 g/mol. The number of aromatic nitrogens is 6. The van der Waals surface area contributed by atoms with E-state index in [4.69, 9.17) is 86.3 Å². The first-order chi connectivity index (χ1) is 62.6. The number of nitrogens with two attached hydrogens (primary N) is 2. The number of carbonyl (C=O) groups excluding carboxylic acids is 7. The van der Waals surface area contributed by atoms with Gasteiger partial charge < -0.3 is 82.2 Å². The third-order valence-electron chi connectivity index (χ3n) is 21.0. The Bertz CT molecular complexity index is 6650. The fraction of sp³-hybridized carbons (Fsp3) is 0.240. The van der Waals surface area contributed by atoms with Gasteiger partial charge in [0, 0.05) is 86.5 Å². The number of primary amides is 1. The molecule has 9 heterocycles. The molecule has 0 radical (unpaired) electrons. The maximum atomic E-state index is 14.1. The number of methoxy groups -OCH3 is 4. The first kappa shape index (κ1) is 112. The zero-order valence-electron chi connectivity index (χ0n) is 75.1. The van der Waals surface area contributed by atoms with Crippen molar-refractivity contribution in [3.8, 4) is 23.0 Å². The van der Waals surface area contributed by atoms with Crippen LogP contribution in [0.5, 0.6) is 23.0 Å². The maximum absolute atomic E-state index is 14.1. The molecule has 12 aromatic rings. The second-order valence-corrected chi connectivity index (χ2v) is 34.3. The van der Waals surface area contributed by atoms with E-state index >= 15 is 0 Å². The van der Waals surface area contributed by atoms with Crippen molar-refractivity contribution in [1.29, 1.82) is 0 Å². The first-order valence-corrected chi connectivity index (χ1v) is 44.1. The van der Waals surface area contributed by atoms with E-state index in [0.717, 1.165) is 39.1 Å². The van der Waals surface area contributed by atoms with Crippen LogP contribution in [-0.4, -0.2) is 117 Å². The summed E-state index contributed by atoms with van der Waals surface area (Å²) in [5, 5.41) is 20.4. The van der Waals surface area contributed by atoms with Gasteiger partial charge in [-0.05, 0) is 253 Å². The van der Waals surface area contributed by atoms with Gasteiger partial charge in [0.05, 0.1) is 66.4 Å². The number of nitrogens with one attached hydrogen (secondary N) is 7. The number of hydrogen-bond donors (Lipinski definition) is 9. The van der Waals surface area contributed by atoms with Crippen molar-refractivity contribution in [3.05, 3.63) is 347 Å². The number of esters is 2. The molecule has 0 aliphatic carbocycles. The molecule has 32 nitrogen and oxygen atoms in total. The van der Waals surface area contributed by atoms with E-state index in [0.29, 0.717) is 120 Å². The number of benzene rings is 6. The Balaban J connectivity index is 0.000000266. The predicted molar refractivity (Wildman–Crippen MR) is 533 cm³/mol. The van der Waals surface area contributed by atoms with E-state index < -0.39 is 40.4 Å². The number of nitrogens with zero attached hydrogens (tertiary/aromatic N) is 5. The van der Waals surface area contributed by atoms with Crippen LogP contribution in [0, 0.1) is 27.7 Å². The van der Waals surface area contributed by atoms with Crippen LogP contribution in [0.15, 0.2) is 215 Å². The molecule has 3 atom stereocenters. The molecule has 0 fully saturated rings. The summed E-state index contributed by atoms with van der Waals surface area (Å²) < 4.78 is 37.1. The fourth-order valence-electron chi connectivity index (χ4n) is 14.4. The van der Waals surface area contributed by atoms with Gasteiger partial charge in [-0.3, -0.25) is 56.9 Å². The van der Waals surface area contributed by atoms with E-state index in [1.165, 1.54) is 33.0 Å². The van der Waals surface area contributed by atoms with Gasteiger partial charge in [0.1, 0.15) is 91.2 Å². The summed E-state index contributed by atoms with van der Waals surface area (Å²) in [5.41, 5.74) is 16.0. The number of pyridine rings is 6. The molecule has 6 aromatic carbocycles. The van der Waals surface area contributed by atoms with Gasteiger partial charge in [0.25, 0.3) is 45.9 Å². The number of rotatable bonds is 21. The van der Waals surface area contributed by atoms with Crippen molar-refractivity contribution in [2.45, 2.75) is 114 Å². The fourth-order valence-corrected chi connectivity index (χ4v) is 16.6. The largest absolute Gasteiger partial charge is 1.00 e. The smallest absolute Gasteiger partial charge is 0.870 e. The number of H-pyrrole nitrogens is 1. The number of hydrogen-bond acceptors (Lipinski definition) is 24. The number of fused-ring (bicyclic) bond motifs is 3. The number of aromatic amines is 1. The average molecular weight is 2130 g/mol. The van der Waals surface area contributed by atoms with Gasteiger partial charge in [-0.15, -0.1) is 0 Å². The van der Waals surface area contributed by atoms with Crippen LogP contribution in [-0.2, 0) is 39.6 Å². The summed E-state index contributed by atoms with van der Waals surface area (Å²) >= 11 is 33.5. The molecule has 0 spiro atoms. The molecule has 3 aliphatic rings. The Kier molecular flexibility index (Phi) is 40.2. The summed E-state index contributed by atoms with van der Waals surface area (Å²) in [6.45, 7) is 18.6. The number of ketones is 1. The van der Waals surface area contributed by atoms with Gasteiger partial charge in [0.2, 0.25) is 0 Å². The molecule has 136 heavy (non-hydrogen) atoms. The summed E-state index contributed by atoms with van der Waals surface area (Å²) in [5.74, 6) is 1.11. The molecule has 0 saturated heterocycles. The van der Waals surface area contributed by atoms with Gasteiger partial charge in [-0.25, -0.2) is 19.6 Å². The van der Waals surface area contributed by atoms with E-state index in [2.05, 4.69) is 94.6 Å². The molecular weight excluding hydrogens is 2030 g/mol. The van der Waals surface area contributed by atoms with Crippen LogP contribution >= 0.6 is 94.2 Å². The second-order valence-electron chi connectivity index (χ2n) is 30.0. The molecule has 4 amide bonds. The van der Waals surface area contributed by atoms with E-state index in [1.807, 2.05) is 42.5 Å². The molecule has 40 heteroatoms. The minimum absolute atomic E-state index is 0. The topological polar surface area (TPSA) is 454 Å². The van der Waals surface area contributed by atoms with Gasteiger partial charge >= 0.3 is 30.8 Å². The Morgan fingerprint density at radius 1 is 0.471 bits per heavy atom. The number of ether oxygens (including phenoxy) is 6.